The molecule has 3 rings (SSSR count). The molecule has 172 valence electrons. The van der Waals surface area contributed by atoms with Crippen LogP contribution in [0.2, 0.25) is 0 Å². The van der Waals surface area contributed by atoms with Crippen molar-refractivity contribution >= 4 is 17.7 Å². The van der Waals surface area contributed by atoms with Gasteiger partial charge in [0.2, 0.25) is 0 Å². The molecule has 0 atom stereocenters. The SMILES string of the molecule is CSc1nnc(CCCNC(=O)c2cnn(-c3ccc(C)cc3)c2C(C)C)n1CC(C)C. The Balaban J connectivity index is 1.65. The van der Waals surface area contributed by atoms with Gasteiger partial charge in [-0.3, -0.25) is 4.79 Å². The number of nitrogens with zero attached hydrogens (tertiary/aromatic N) is 5. The van der Waals surface area contributed by atoms with Crippen LogP contribution >= 0.6 is 11.8 Å². The highest BCUT2D eigenvalue weighted by Gasteiger charge is 2.21. The maximum Gasteiger partial charge on any atom is 0.254 e. The van der Waals surface area contributed by atoms with E-state index in [1.165, 1.54) is 5.56 Å². The van der Waals surface area contributed by atoms with Gasteiger partial charge in [-0.05, 0) is 43.6 Å². The maximum absolute atomic E-state index is 12.9. The van der Waals surface area contributed by atoms with Crippen LogP contribution in [0.4, 0.5) is 0 Å². The topological polar surface area (TPSA) is 77.6 Å². The molecular formula is C24H34N6OS. The highest BCUT2D eigenvalue weighted by molar-refractivity contribution is 7.98. The Kier molecular flexibility index (Phi) is 8.12. The van der Waals surface area contributed by atoms with Gasteiger partial charge < -0.3 is 9.88 Å². The molecule has 8 heteroatoms. The Morgan fingerprint density at radius 2 is 1.84 bits per heavy atom. The summed E-state index contributed by atoms with van der Waals surface area (Å²) in [6.45, 7) is 12.1. The van der Waals surface area contributed by atoms with E-state index in [0.717, 1.165) is 41.7 Å². The van der Waals surface area contributed by atoms with Crippen molar-refractivity contribution in [2.75, 3.05) is 12.8 Å². The lowest BCUT2D eigenvalue weighted by Crippen LogP contribution is -2.26. The van der Waals surface area contributed by atoms with Gasteiger partial charge in [0, 0.05) is 19.5 Å². The van der Waals surface area contributed by atoms with Crippen LogP contribution in [0, 0.1) is 12.8 Å². The van der Waals surface area contributed by atoms with Crippen molar-refractivity contribution in [3.05, 3.63) is 53.1 Å². The first kappa shape index (κ1) is 24.0. The van der Waals surface area contributed by atoms with Gasteiger partial charge in [0.1, 0.15) is 5.82 Å². The summed E-state index contributed by atoms with van der Waals surface area (Å²) in [5, 5.41) is 17.2. The number of aromatic nitrogens is 5. The Labute approximate surface area is 195 Å². The largest absolute Gasteiger partial charge is 0.352 e. The molecule has 0 aliphatic carbocycles. The quantitative estimate of drug-likeness (QED) is 0.357. The normalized spacial score (nSPS) is 11.5. The predicted molar refractivity (Wildman–Crippen MR) is 130 cm³/mol. The van der Waals surface area contributed by atoms with Crippen LogP contribution in [0.25, 0.3) is 5.69 Å². The summed E-state index contributed by atoms with van der Waals surface area (Å²) in [4.78, 5) is 12.9. The van der Waals surface area contributed by atoms with Gasteiger partial charge in [0.25, 0.3) is 5.91 Å². The van der Waals surface area contributed by atoms with E-state index in [9.17, 15) is 4.79 Å². The van der Waals surface area contributed by atoms with Crippen LogP contribution in [-0.2, 0) is 13.0 Å². The third kappa shape index (κ3) is 5.59. The molecule has 2 aromatic heterocycles. The number of carbonyl (C=O) groups excluding carboxylic acids is 1. The smallest absolute Gasteiger partial charge is 0.254 e. The summed E-state index contributed by atoms with van der Waals surface area (Å²) < 4.78 is 4.07. The Hall–Kier alpha value is -2.61. The van der Waals surface area contributed by atoms with Crippen molar-refractivity contribution in [1.29, 1.82) is 0 Å². The molecule has 0 radical (unpaired) electrons. The fourth-order valence-electron chi connectivity index (χ4n) is 3.73. The average molecular weight is 455 g/mol. The van der Waals surface area contributed by atoms with E-state index in [4.69, 9.17) is 0 Å². The summed E-state index contributed by atoms with van der Waals surface area (Å²) in [5.74, 6) is 1.59. The number of thioether (sulfide) groups is 1. The van der Waals surface area contributed by atoms with Crippen LogP contribution in [0.5, 0.6) is 0 Å². The molecule has 0 fully saturated rings. The first-order chi connectivity index (χ1) is 15.3. The second-order valence-electron chi connectivity index (χ2n) is 8.81. The first-order valence-electron chi connectivity index (χ1n) is 11.2. The molecule has 1 amide bonds. The van der Waals surface area contributed by atoms with Gasteiger partial charge in [-0.2, -0.15) is 5.10 Å². The number of aryl methyl sites for hydroxylation is 2. The summed E-state index contributed by atoms with van der Waals surface area (Å²) in [6.07, 6.45) is 5.28. The molecule has 0 unspecified atom stereocenters. The van der Waals surface area contributed by atoms with Crippen molar-refractivity contribution in [2.24, 2.45) is 5.92 Å². The standard InChI is InChI=1S/C24H34N6OS/c1-16(2)15-29-21(27-28-24(29)32-6)8-7-13-25-23(31)20-14-26-30(22(20)17(3)4)19-11-9-18(5)10-12-19/h9-12,14,16-17H,7-8,13,15H2,1-6H3,(H,25,31). The zero-order valence-electron chi connectivity index (χ0n) is 19.9. The molecule has 0 saturated carbocycles. The lowest BCUT2D eigenvalue weighted by atomic mass is 10.0. The molecular weight excluding hydrogens is 420 g/mol. The Morgan fingerprint density at radius 1 is 1.12 bits per heavy atom. The number of nitrogens with one attached hydrogen (secondary N) is 1. The van der Waals surface area contributed by atoms with E-state index >= 15 is 0 Å². The highest BCUT2D eigenvalue weighted by Crippen LogP contribution is 2.23. The molecule has 0 spiro atoms. The van der Waals surface area contributed by atoms with Gasteiger partial charge in [-0.15, -0.1) is 10.2 Å². The van der Waals surface area contributed by atoms with E-state index in [0.29, 0.717) is 18.0 Å². The van der Waals surface area contributed by atoms with Crippen LogP contribution < -0.4 is 5.32 Å². The van der Waals surface area contributed by atoms with Crippen molar-refractivity contribution < 1.29 is 4.79 Å². The minimum Gasteiger partial charge on any atom is -0.352 e. The average Bonchev–Trinajstić information content (AvgIpc) is 3.36. The van der Waals surface area contributed by atoms with Gasteiger partial charge in [0.15, 0.2) is 5.16 Å². The van der Waals surface area contributed by atoms with E-state index < -0.39 is 0 Å². The third-order valence-corrected chi connectivity index (χ3v) is 5.93. The van der Waals surface area contributed by atoms with E-state index in [1.54, 1.807) is 18.0 Å². The summed E-state index contributed by atoms with van der Waals surface area (Å²) in [5.41, 5.74) is 3.71. The monoisotopic (exact) mass is 454 g/mol. The minimum absolute atomic E-state index is 0.0829. The number of carbonyl (C=O) groups is 1. The second kappa shape index (κ2) is 10.8. The molecule has 7 nitrogen and oxygen atoms in total. The van der Waals surface area contributed by atoms with Crippen molar-refractivity contribution in [3.8, 4) is 5.69 Å². The minimum atomic E-state index is -0.0829. The molecule has 1 N–H and O–H groups in total. The lowest BCUT2D eigenvalue weighted by Gasteiger charge is -2.13. The molecule has 3 aromatic rings. The van der Waals surface area contributed by atoms with E-state index in [-0.39, 0.29) is 11.8 Å². The second-order valence-corrected chi connectivity index (χ2v) is 9.59. The molecule has 1 aromatic carbocycles. The fourth-order valence-corrected chi connectivity index (χ4v) is 4.25. The maximum atomic E-state index is 12.9. The molecule has 2 heterocycles. The van der Waals surface area contributed by atoms with Crippen LogP contribution in [-0.4, -0.2) is 43.3 Å². The van der Waals surface area contributed by atoms with Gasteiger partial charge in [0.05, 0.1) is 23.1 Å². The third-order valence-electron chi connectivity index (χ3n) is 5.26. The van der Waals surface area contributed by atoms with Crippen molar-refractivity contribution in [2.45, 2.75) is 65.1 Å². The zero-order chi connectivity index (χ0) is 23.3. The summed E-state index contributed by atoms with van der Waals surface area (Å²) in [7, 11) is 0. The molecule has 0 saturated heterocycles. The number of hydrogen-bond donors (Lipinski definition) is 1. The van der Waals surface area contributed by atoms with Crippen molar-refractivity contribution in [1.82, 2.24) is 29.9 Å². The molecule has 0 aliphatic heterocycles. The van der Waals surface area contributed by atoms with E-state index in [2.05, 4.69) is 71.9 Å². The molecule has 0 bridgehead atoms. The number of benzene rings is 1. The summed E-state index contributed by atoms with van der Waals surface area (Å²) in [6, 6.07) is 8.18. The highest BCUT2D eigenvalue weighted by atomic mass is 32.2. The van der Waals surface area contributed by atoms with Gasteiger partial charge in [-0.25, -0.2) is 4.68 Å². The van der Waals surface area contributed by atoms with Crippen LogP contribution in [0.1, 0.15) is 67.5 Å². The predicted octanol–water partition coefficient (Wildman–Crippen LogP) is 4.64. The zero-order valence-corrected chi connectivity index (χ0v) is 20.7. The fraction of sp³-hybridized carbons (Fsp3) is 0.500. The number of hydrogen-bond acceptors (Lipinski definition) is 5. The summed E-state index contributed by atoms with van der Waals surface area (Å²) >= 11 is 1.62. The van der Waals surface area contributed by atoms with Gasteiger partial charge in [-0.1, -0.05) is 57.2 Å². The van der Waals surface area contributed by atoms with Crippen LogP contribution in [0.3, 0.4) is 0 Å². The first-order valence-corrected chi connectivity index (χ1v) is 12.4. The van der Waals surface area contributed by atoms with E-state index in [1.807, 2.05) is 23.1 Å². The molecule has 0 aliphatic rings. The number of amides is 1. The Morgan fingerprint density at radius 3 is 2.47 bits per heavy atom. The molecule has 32 heavy (non-hydrogen) atoms. The number of rotatable bonds is 10. The van der Waals surface area contributed by atoms with Gasteiger partial charge >= 0.3 is 0 Å². The van der Waals surface area contributed by atoms with Crippen LogP contribution in [0.15, 0.2) is 35.6 Å². The Bertz CT molecular complexity index is 1040. The van der Waals surface area contributed by atoms with Crippen molar-refractivity contribution in [3.63, 3.8) is 0 Å². The lowest BCUT2D eigenvalue weighted by molar-refractivity contribution is 0.0951.